The Kier molecular flexibility index (Phi) is 3.07. The molecule has 0 fully saturated rings. The summed E-state index contributed by atoms with van der Waals surface area (Å²) in [5.41, 5.74) is 1.12. The average molecular weight is 177 g/mol. The Labute approximate surface area is 78.2 Å². The minimum atomic E-state index is -0.108. The highest BCUT2D eigenvalue weighted by Gasteiger charge is 2.09. The molecule has 1 rings (SSSR count). The van der Waals surface area contributed by atoms with Crippen molar-refractivity contribution in [1.29, 1.82) is 0 Å². The summed E-state index contributed by atoms with van der Waals surface area (Å²) < 4.78 is 0. The van der Waals surface area contributed by atoms with E-state index in [-0.39, 0.29) is 11.5 Å². The molecule has 0 amide bonds. The summed E-state index contributed by atoms with van der Waals surface area (Å²) in [5.74, 6) is -0.0132. The van der Waals surface area contributed by atoms with Crippen LogP contribution in [0.25, 0.3) is 0 Å². The Morgan fingerprint density at radius 2 is 2.31 bits per heavy atom. The van der Waals surface area contributed by atoms with Gasteiger partial charge in [-0.3, -0.25) is 4.79 Å². The monoisotopic (exact) mass is 177 g/mol. The van der Waals surface area contributed by atoms with Crippen molar-refractivity contribution in [2.75, 3.05) is 0 Å². The molecule has 0 aliphatic heterocycles. The molecule has 2 nitrogen and oxygen atoms in total. The van der Waals surface area contributed by atoms with E-state index in [2.05, 4.69) is 6.07 Å². The quantitative estimate of drug-likeness (QED) is 0.719. The number of hydrogen-bond acceptors (Lipinski definition) is 2. The molecule has 2 heteroatoms. The number of aryl methyl sites for hydroxylation is 1. The molecule has 1 N–H and O–H groups in total. The predicted molar refractivity (Wildman–Crippen MR) is 50.9 cm³/mol. The molecule has 0 saturated heterocycles. The maximum Gasteiger partial charge on any atom is 0.163 e. The predicted octanol–water partition coefficient (Wildman–Crippen LogP) is 2.35. The van der Waals surface area contributed by atoms with E-state index < -0.39 is 0 Å². The van der Waals surface area contributed by atoms with Crippen molar-refractivity contribution in [2.45, 2.75) is 26.7 Å². The molecular weight excluding hydrogens is 164 g/mol. The number of rotatable bonds is 3. The fraction of sp³-hybridized carbons (Fsp3) is 0.364. The Morgan fingerprint density at radius 3 is 2.85 bits per heavy atom. The smallest absolute Gasteiger partial charge is 0.163 e. The highest BCUT2D eigenvalue weighted by molar-refractivity contribution is 5.97. The Bertz CT molecular complexity index is 316. The van der Waals surface area contributed by atoms with Crippen molar-refractivity contribution in [2.24, 2.45) is 0 Å². The normalized spacial score (nSPS) is 10.0. The Balaban J connectivity index is 3.10. The van der Waals surface area contributed by atoms with Crippen molar-refractivity contribution >= 4 is 5.78 Å². The maximum absolute atomic E-state index is 11.0. The van der Waals surface area contributed by atoms with Crippen molar-refractivity contribution in [3.05, 3.63) is 29.3 Å². The van der Waals surface area contributed by atoms with Gasteiger partial charge in [-0.15, -0.1) is 0 Å². The molecule has 0 aliphatic carbocycles. The lowest BCUT2D eigenvalue weighted by Crippen LogP contribution is -1.95. The van der Waals surface area contributed by atoms with Crippen LogP contribution in [0.15, 0.2) is 12.1 Å². The number of carbonyl (C=O) groups excluding carboxylic acids is 1. The number of aromatic hydroxyl groups is 1. The number of phenols is 1. The van der Waals surface area contributed by atoms with E-state index in [1.807, 2.05) is 6.92 Å². The first kappa shape index (κ1) is 9.78. The minimum Gasteiger partial charge on any atom is -0.507 e. The standard InChI is InChI=1S/C11H13O2/c1-3-5-9-6-4-7-10(8(2)12)11(9)13/h4,7,13H,3,5H2,1-2H3. The van der Waals surface area contributed by atoms with Crippen molar-refractivity contribution in [3.8, 4) is 5.75 Å². The van der Waals surface area contributed by atoms with Gasteiger partial charge in [0.2, 0.25) is 0 Å². The van der Waals surface area contributed by atoms with Crippen LogP contribution >= 0.6 is 0 Å². The van der Waals surface area contributed by atoms with E-state index in [0.29, 0.717) is 5.56 Å². The summed E-state index contributed by atoms with van der Waals surface area (Å²) >= 11 is 0. The van der Waals surface area contributed by atoms with Crippen LogP contribution in [0.1, 0.15) is 36.2 Å². The van der Waals surface area contributed by atoms with Crippen LogP contribution in [0.4, 0.5) is 0 Å². The molecule has 0 aromatic heterocycles. The summed E-state index contributed by atoms with van der Waals surface area (Å²) in [7, 11) is 0. The van der Waals surface area contributed by atoms with Crippen molar-refractivity contribution < 1.29 is 9.90 Å². The van der Waals surface area contributed by atoms with Crippen LogP contribution in [-0.2, 0) is 6.42 Å². The van der Waals surface area contributed by atoms with Gasteiger partial charge >= 0.3 is 0 Å². The third-order valence-electron chi connectivity index (χ3n) is 1.93. The third kappa shape index (κ3) is 2.08. The van der Waals surface area contributed by atoms with Gasteiger partial charge < -0.3 is 5.11 Å². The second-order valence-corrected chi connectivity index (χ2v) is 3.02. The molecule has 0 spiro atoms. The van der Waals surface area contributed by atoms with Gasteiger partial charge in [0.15, 0.2) is 5.78 Å². The van der Waals surface area contributed by atoms with Gasteiger partial charge in [0.25, 0.3) is 0 Å². The summed E-state index contributed by atoms with van der Waals surface area (Å²) in [6, 6.07) is 6.21. The van der Waals surface area contributed by atoms with Gasteiger partial charge in [-0.1, -0.05) is 19.4 Å². The molecule has 0 bridgehead atoms. The molecule has 1 radical (unpaired) electrons. The van der Waals surface area contributed by atoms with Gasteiger partial charge in [-0.05, 0) is 25.5 Å². The Morgan fingerprint density at radius 1 is 1.62 bits per heavy atom. The zero-order valence-corrected chi connectivity index (χ0v) is 7.92. The SMILES string of the molecule is CCCc1[c]ccc(C(C)=O)c1O. The molecule has 0 heterocycles. The molecule has 1 aromatic carbocycles. The van der Waals surface area contributed by atoms with E-state index in [1.165, 1.54) is 6.92 Å². The first-order chi connectivity index (χ1) is 6.16. The summed E-state index contributed by atoms with van der Waals surface area (Å²) in [5, 5.41) is 9.64. The molecule has 0 unspecified atom stereocenters. The summed E-state index contributed by atoms with van der Waals surface area (Å²) in [6.07, 6.45) is 1.69. The lowest BCUT2D eigenvalue weighted by Gasteiger charge is -2.05. The highest BCUT2D eigenvalue weighted by Crippen LogP contribution is 2.23. The molecule has 0 aliphatic rings. The van der Waals surface area contributed by atoms with E-state index >= 15 is 0 Å². The van der Waals surface area contributed by atoms with Gasteiger partial charge in [0.05, 0.1) is 5.56 Å². The fourth-order valence-corrected chi connectivity index (χ4v) is 1.26. The highest BCUT2D eigenvalue weighted by atomic mass is 16.3. The third-order valence-corrected chi connectivity index (χ3v) is 1.93. The van der Waals surface area contributed by atoms with Crippen molar-refractivity contribution in [1.82, 2.24) is 0 Å². The minimum absolute atomic E-state index is 0.0943. The molecule has 1 aromatic rings. The number of Topliss-reactive ketones (excluding diaryl/α,β-unsaturated/α-hetero) is 1. The molecule has 0 atom stereocenters. The number of carbonyl (C=O) groups is 1. The molecule has 0 saturated carbocycles. The zero-order valence-electron chi connectivity index (χ0n) is 7.92. The number of hydrogen-bond donors (Lipinski definition) is 1. The lowest BCUT2D eigenvalue weighted by molar-refractivity contribution is 0.101. The fourth-order valence-electron chi connectivity index (χ4n) is 1.26. The van der Waals surface area contributed by atoms with Gasteiger partial charge in [-0.2, -0.15) is 0 Å². The summed E-state index contributed by atoms with van der Waals surface area (Å²) in [6.45, 7) is 3.47. The molecule has 13 heavy (non-hydrogen) atoms. The van der Waals surface area contributed by atoms with Crippen LogP contribution in [0.3, 0.4) is 0 Å². The second kappa shape index (κ2) is 4.08. The van der Waals surface area contributed by atoms with E-state index in [0.717, 1.165) is 18.4 Å². The van der Waals surface area contributed by atoms with Gasteiger partial charge in [0, 0.05) is 5.56 Å². The van der Waals surface area contributed by atoms with Crippen LogP contribution in [0, 0.1) is 6.07 Å². The van der Waals surface area contributed by atoms with Gasteiger partial charge in [-0.25, -0.2) is 0 Å². The van der Waals surface area contributed by atoms with E-state index in [1.54, 1.807) is 12.1 Å². The van der Waals surface area contributed by atoms with Crippen LogP contribution < -0.4 is 0 Å². The Hall–Kier alpha value is -1.31. The van der Waals surface area contributed by atoms with Crippen molar-refractivity contribution in [3.63, 3.8) is 0 Å². The zero-order chi connectivity index (χ0) is 9.84. The molecular formula is C11H13O2. The first-order valence-corrected chi connectivity index (χ1v) is 4.40. The summed E-state index contributed by atoms with van der Waals surface area (Å²) in [4.78, 5) is 11.0. The number of ketones is 1. The number of phenolic OH excluding ortho intramolecular Hbond substituents is 1. The van der Waals surface area contributed by atoms with E-state index in [9.17, 15) is 9.90 Å². The lowest BCUT2D eigenvalue weighted by atomic mass is 10.0. The topological polar surface area (TPSA) is 37.3 Å². The number of benzene rings is 1. The maximum atomic E-state index is 11.0. The molecule has 69 valence electrons. The second-order valence-electron chi connectivity index (χ2n) is 3.02. The van der Waals surface area contributed by atoms with Crippen LogP contribution in [0.2, 0.25) is 0 Å². The average Bonchev–Trinajstić information content (AvgIpc) is 2.08. The largest absolute Gasteiger partial charge is 0.507 e. The van der Waals surface area contributed by atoms with Gasteiger partial charge in [0.1, 0.15) is 5.75 Å². The van der Waals surface area contributed by atoms with E-state index in [4.69, 9.17) is 0 Å². The van der Waals surface area contributed by atoms with Crippen LogP contribution in [-0.4, -0.2) is 10.9 Å². The first-order valence-electron chi connectivity index (χ1n) is 4.40. The van der Waals surface area contributed by atoms with Crippen LogP contribution in [0.5, 0.6) is 5.75 Å².